The van der Waals surface area contributed by atoms with Gasteiger partial charge >= 0.3 is 0 Å². The minimum Gasteiger partial charge on any atom is -0.258 e. The number of nitrogens with zero attached hydrogens (tertiary/aromatic N) is 1. The van der Waals surface area contributed by atoms with Gasteiger partial charge in [0, 0.05) is 17.7 Å². The highest BCUT2D eigenvalue weighted by atomic mass is 35.5. The molecule has 0 saturated heterocycles. The first-order valence-corrected chi connectivity index (χ1v) is 6.51. The van der Waals surface area contributed by atoms with Gasteiger partial charge in [-0.2, -0.15) is 0 Å². The van der Waals surface area contributed by atoms with E-state index in [1.54, 1.807) is 18.2 Å². The van der Waals surface area contributed by atoms with Crippen molar-refractivity contribution in [2.75, 3.05) is 0 Å². The van der Waals surface area contributed by atoms with Crippen LogP contribution in [0.5, 0.6) is 0 Å². The van der Waals surface area contributed by atoms with Crippen molar-refractivity contribution in [1.29, 1.82) is 0 Å². The van der Waals surface area contributed by atoms with Gasteiger partial charge in [-0.1, -0.05) is 46.4 Å². The Morgan fingerprint density at radius 2 is 1.37 bits per heavy atom. The fourth-order valence-electron chi connectivity index (χ4n) is 1.51. The van der Waals surface area contributed by atoms with Gasteiger partial charge in [0.2, 0.25) is 0 Å². The Labute approximate surface area is 128 Å². The monoisotopic (exact) mass is 335 g/mol. The molecule has 7 heteroatoms. The predicted molar refractivity (Wildman–Crippen MR) is 78.5 cm³/mol. The van der Waals surface area contributed by atoms with Crippen molar-refractivity contribution in [2.45, 2.75) is 0 Å². The highest BCUT2D eigenvalue weighted by molar-refractivity contribution is 6.55. The molecule has 2 rings (SSSR count). The van der Waals surface area contributed by atoms with Gasteiger partial charge in [0.25, 0.3) is 5.69 Å². The standard InChI is InChI=1S/C12H5Cl4NO2/c13-9-8(10(14)12(16)11(9)15)5-6-1-3-7(4-2-6)17(18)19/h1-5H. The first kappa shape index (κ1) is 14.4. The summed E-state index contributed by atoms with van der Waals surface area (Å²) in [5.74, 6) is 0. The summed E-state index contributed by atoms with van der Waals surface area (Å²) >= 11 is 23.8. The van der Waals surface area contributed by atoms with Crippen LogP contribution in [0.1, 0.15) is 5.56 Å². The van der Waals surface area contributed by atoms with Crippen molar-refractivity contribution in [3.63, 3.8) is 0 Å². The van der Waals surface area contributed by atoms with Crippen LogP contribution in [-0.2, 0) is 0 Å². The van der Waals surface area contributed by atoms with Gasteiger partial charge in [-0.05, 0) is 23.8 Å². The molecule has 0 atom stereocenters. The Kier molecular flexibility index (Phi) is 4.21. The van der Waals surface area contributed by atoms with E-state index in [0.29, 0.717) is 11.1 Å². The molecule has 0 N–H and O–H groups in total. The van der Waals surface area contributed by atoms with Crippen LogP contribution in [0.15, 0.2) is 50.0 Å². The molecule has 19 heavy (non-hydrogen) atoms. The Hall–Kier alpha value is -1.000. The van der Waals surface area contributed by atoms with Gasteiger partial charge < -0.3 is 0 Å². The molecule has 0 amide bonds. The van der Waals surface area contributed by atoms with Crippen LogP contribution in [0.25, 0.3) is 6.08 Å². The van der Waals surface area contributed by atoms with Crippen molar-refractivity contribution in [1.82, 2.24) is 0 Å². The summed E-state index contributed by atoms with van der Waals surface area (Å²) in [5.41, 5.74) is 1.20. The highest BCUT2D eigenvalue weighted by Crippen LogP contribution is 2.45. The van der Waals surface area contributed by atoms with E-state index >= 15 is 0 Å². The fourth-order valence-corrected chi connectivity index (χ4v) is 2.54. The van der Waals surface area contributed by atoms with Crippen LogP contribution in [0.2, 0.25) is 0 Å². The first-order valence-electron chi connectivity index (χ1n) is 4.99. The van der Waals surface area contributed by atoms with Crippen LogP contribution in [0.4, 0.5) is 5.69 Å². The van der Waals surface area contributed by atoms with E-state index in [4.69, 9.17) is 46.4 Å². The molecule has 0 aliphatic heterocycles. The Bertz CT molecular complexity index is 618. The normalized spacial score (nSPS) is 15.3. The summed E-state index contributed by atoms with van der Waals surface area (Å²) in [6, 6.07) is 5.94. The van der Waals surface area contributed by atoms with Crippen LogP contribution >= 0.6 is 46.4 Å². The van der Waals surface area contributed by atoms with E-state index in [0.717, 1.165) is 0 Å². The Balaban J connectivity index is 2.40. The zero-order valence-corrected chi connectivity index (χ0v) is 12.2. The van der Waals surface area contributed by atoms with Gasteiger partial charge in [0.15, 0.2) is 0 Å². The van der Waals surface area contributed by atoms with E-state index in [2.05, 4.69) is 0 Å². The van der Waals surface area contributed by atoms with Gasteiger partial charge in [0.1, 0.15) is 0 Å². The molecule has 0 unspecified atom stereocenters. The Morgan fingerprint density at radius 3 is 1.79 bits per heavy atom. The lowest BCUT2D eigenvalue weighted by Crippen LogP contribution is -1.87. The second kappa shape index (κ2) is 5.55. The number of nitro groups is 1. The Morgan fingerprint density at radius 1 is 0.895 bits per heavy atom. The molecule has 0 heterocycles. The zero-order valence-electron chi connectivity index (χ0n) is 9.16. The number of halogens is 4. The molecule has 1 aromatic carbocycles. The van der Waals surface area contributed by atoms with Gasteiger partial charge in [0.05, 0.1) is 25.1 Å². The average molecular weight is 337 g/mol. The molecule has 0 aromatic heterocycles. The van der Waals surface area contributed by atoms with Crippen molar-refractivity contribution in [3.05, 3.63) is 65.6 Å². The summed E-state index contributed by atoms with van der Waals surface area (Å²) in [5, 5.41) is 11.5. The molecule has 98 valence electrons. The van der Waals surface area contributed by atoms with Crippen LogP contribution in [0, 0.1) is 10.1 Å². The molecular weight excluding hydrogens is 332 g/mol. The zero-order chi connectivity index (χ0) is 14.2. The first-order chi connectivity index (χ1) is 8.91. The molecular formula is C12H5Cl4NO2. The molecule has 0 saturated carbocycles. The minimum absolute atomic E-state index is 0.00733. The number of nitro benzene ring substituents is 1. The van der Waals surface area contributed by atoms with Crippen molar-refractivity contribution >= 4 is 58.2 Å². The minimum atomic E-state index is -0.472. The van der Waals surface area contributed by atoms with Crippen LogP contribution < -0.4 is 0 Å². The predicted octanol–water partition coefficient (Wildman–Crippen LogP) is 5.37. The highest BCUT2D eigenvalue weighted by Gasteiger charge is 2.24. The van der Waals surface area contributed by atoms with E-state index in [-0.39, 0.29) is 25.8 Å². The number of hydrogen-bond donors (Lipinski definition) is 0. The smallest absolute Gasteiger partial charge is 0.258 e. The fraction of sp³-hybridized carbons (Fsp3) is 0. The van der Waals surface area contributed by atoms with E-state index < -0.39 is 4.92 Å². The second-order valence-corrected chi connectivity index (χ2v) is 5.17. The van der Waals surface area contributed by atoms with Gasteiger partial charge in [-0.25, -0.2) is 0 Å². The van der Waals surface area contributed by atoms with Crippen molar-refractivity contribution < 1.29 is 4.92 Å². The maximum Gasteiger partial charge on any atom is 0.269 e. The lowest BCUT2D eigenvalue weighted by Gasteiger charge is -2.00. The number of hydrogen-bond acceptors (Lipinski definition) is 2. The largest absolute Gasteiger partial charge is 0.269 e. The number of rotatable bonds is 2. The lowest BCUT2D eigenvalue weighted by atomic mass is 10.1. The summed E-state index contributed by atoms with van der Waals surface area (Å²) in [6.45, 7) is 0. The quantitative estimate of drug-likeness (QED) is 0.538. The number of non-ortho nitro benzene ring substituents is 1. The lowest BCUT2D eigenvalue weighted by molar-refractivity contribution is -0.384. The summed E-state index contributed by atoms with van der Waals surface area (Å²) < 4.78 is 0. The van der Waals surface area contributed by atoms with Gasteiger partial charge in [-0.15, -0.1) is 0 Å². The van der Waals surface area contributed by atoms with E-state index in [1.165, 1.54) is 12.1 Å². The van der Waals surface area contributed by atoms with Crippen molar-refractivity contribution in [3.8, 4) is 0 Å². The molecule has 3 nitrogen and oxygen atoms in total. The summed E-state index contributed by atoms with van der Waals surface area (Å²) in [7, 11) is 0. The van der Waals surface area contributed by atoms with E-state index in [1.807, 2.05) is 0 Å². The average Bonchev–Trinajstić information content (AvgIpc) is 2.57. The maximum absolute atomic E-state index is 10.5. The third-order valence-corrected chi connectivity index (χ3v) is 4.30. The van der Waals surface area contributed by atoms with E-state index in [9.17, 15) is 10.1 Å². The topological polar surface area (TPSA) is 43.1 Å². The third kappa shape index (κ3) is 2.79. The number of benzene rings is 1. The van der Waals surface area contributed by atoms with Gasteiger partial charge in [-0.3, -0.25) is 10.1 Å². The maximum atomic E-state index is 10.5. The second-order valence-electron chi connectivity index (χ2n) is 3.66. The summed E-state index contributed by atoms with van der Waals surface area (Å²) in [4.78, 5) is 10.1. The third-order valence-electron chi connectivity index (χ3n) is 2.47. The molecule has 0 radical (unpaired) electrons. The SMILES string of the molecule is O=[N+]([O-])c1ccc(C=C2C(Cl)=C(Cl)C(Cl)=C2Cl)cc1. The molecule has 1 aliphatic carbocycles. The van der Waals surface area contributed by atoms with Crippen molar-refractivity contribution in [2.24, 2.45) is 0 Å². The van der Waals surface area contributed by atoms with Crippen LogP contribution in [0.3, 0.4) is 0 Å². The molecule has 1 aromatic rings. The molecule has 0 bridgehead atoms. The van der Waals surface area contributed by atoms with Crippen LogP contribution in [-0.4, -0.2) is 4.92 Å². The summed E-state index contributed by atoms with van der Waals surface area (Å²) in [6.07, 6.45) is 1.66. The molecule has 0 fully saturated rings. The molecule has 0 spiro atoms. The number of allylic oxidation sites excluding steroid dienone is 5. The molecule has 1 aliphatic rings.